The van der Waals surface area contributed by atoms with Crippen LogP contribution in [0.4, 0.5) is 0 Å². The first kappa shape index (κ1) is 23.6. The topological polar surface area (TPSA) is 77.0 Å². The van der Waals surface area contributed by atoms with Crippen molar-refractivity contribution in [2.24, 2.45) is 4.99 Å². The molecule has 2 N–H and O–H groups in total. The number of hydrogen-bond donors (Lipinski definition) is 2. The summed E-state index contributed by atoms with van der Waals surface area (Å²) in [5, 5.41) is 3.38. The van der Waals surface area contributed by atoms with E-state index in [4.69, 9.17) is 4.99 Å². The predicted molar refractivity (Wildman–Crippen MR) is 121 cm³/mol. The number of piperazine rings is 1. The Hall–Kier alpha value is -1.64. The second kappa shape index (κ2) is 12.1. The zero-order valence-electron chi connectivity index (χ0n) is 18.1. The number of aliphatic imine (C=N–C) groups is 1. The lowest BCUT2D eigenvalue weighted by Crippen LogP contribution is -2.53. The van der Waals surface area contributed by atoms with Gasteiger partial charge in [0.2, 0.25) is 10.0 Å². The van der Waals surface area contributed by atoms with E-state index in [0.717, 1.165) is 45.1 Å². The van der Waals surface area contributed by atoms with Crippen LogP contribution in [-0.2, 0) is 10.0 Å². The van der Waals surface area contributed by atoms with Crippen LogP contribution >= 0.6 is 0 Å². The van der Waals surface area contributed by atoms with E-state index in [-0.39, 0.29) is 5.75 Å². The summed E-state index contributed by atoms with van der Waals surface area (Å²) in [5.41, 5.74) is 1.39. The summed E-state index contributed by atoms with van der Waals surface area (Å²) in [6.45, 7) is 11.7. The summed E-state index contributed by atoms with van der Waals surface area (Å²) >= 11 is 0. The highest BCUT2D eigenvalue weighted by Crippen LogP contribution is 2.25. The van der Waals surface area contributed by atoms with Gasteiger partial charge in [-0.2, -0.15) is 0 Å². The van der Waals surface area contributed by atoms with Gasteiger partial charge in [-0.3, -0.25) is 9.89 Å². The molecule has 164 valence electrons. The van der Waals surface area contributed by atoms with E-state index < -0.39 is 10.0 Å². The number of guanidine groups is 1. The molecule has 29 heavy (non-hydrogen) atoms. The van der Waals surface area contributed by atoms with Crippen LogP contribution in [0.5, 0.6) is 0 Å². The molecule has 1 aliphatic rings. The normalized spacial score (nSPS) is 17.3. The molecule has 1 fully saturated rings. The molecule has 0 radical (unpaired) electrons. The molecule has 0 bridgehead atoms. The fourth-order valence-corrected chi connectivity index (χ4v) is 4.30. The fraction of sp³-hybridized carbons (Fsp3) is 0.667. The van der Waals surface area contributed by atoms with Gasteiger partial charge in [-0.25, -0.2) is 13.1 Å². The van der Waals surface area contributed by atoms with Crippen LogP contribution in [0.15, 0.2) is 35.3 Å². The second-order valence-corrected chi connectivity index (χ2v) is 9.34. The number of benzene rings is 1. The highest BCUT2D eigenvalue weighted by molar-refractivity contribution is 7.89. The van der Waals surface area contributed by atoms with Crippen molar-refractivity contribution in [3.05, 3.63) is 35.9 Å². The van der Waals surface area contributed by atoms with Crippen molar-refractivity contribution in [2.75, 3.05) is 51.6 Å². The summed E-state index contributed by atoms with van der Waals surface area (Å²) in [6.07, 6.45) is 1.80. The van der Waals surface area contributed by atoms with Crippen LogP contribution in [0.2, 0.25) is 0 Å². The molecule has 8 heteroatoms. The van der Waals surface area contributed by atoms with E-state index in [1.54, 1.807) is 6.92 Å². The van der Waals surface area contributed by atoms with Crippen LogP contribution in [0, 0.1) is 0 Å². The molecular weight excluding hydrogens is 386 g/mol. The number of nitrogens with zero attached hydrogens (tertiary/aromatic N) is 3. The molecule has 0 saturated carbocycles. The quantitative estimate of drug-likeness (QED) is 0.342. The van der Waals surface area contributed by atoms with Gasteiger partial charge in [0.25, 0.3) is 0 Å². The Labute approximate surface area is 176 Å². The molecule has 1 unspecified atom stereocenters. The Kier molecular flexibility index (Phi) is 9.90. The van der Waals surface area contributed by atoms with Crippen LogP contribution in [0.25, 0.3) is 0 Å². The Balaban J connectivity index is 1.86. The molecule has 0 aromatic heterocycles. The molecule has 0 aliphatic carbocycles. The molecule has 2 rings (SSSR count). The summed E-state index contributed by atoms with van der Waals surface area (Å²) in [5.74, 6) is 1.04. The van der Waals surface area contributed by atoms with Crippen molar-refractivity contribution in [3.63, 3.8) is 0 Å². The maximum absolute atomic E-state index is 11.5. The maximum Gasteiger partial charge on any atom is 0.211 e. The third-order valence-electron chi connectivity index (χ3n) is 5.26. The Morgan fingerprint density at radius 2 is 1.79 bits per heavy atom. The van der Waals surface area contributed by atoms with E-state index in [9.17, 15) is 8.42 Å². The first-order chi connectivity index (χ1) is 14.0. The minimum atomic E-state index is -3.12. The zero-order valence-corrected chi connectivity index (χ0v) is 18.9. The zero-order chi connectivity index (χ0) is 21.1. The third-order valence-corrected chi connectivity index (χ3v) is 6.66. The van der Waals surface area contributed by atoms with Crippen LogP contribution in [0.3, 0.4) is 0 Å². The number of nitrogens with one attached hydrogen (secondary N) is 2. The van der Waals surface area contributed by atoms with E-state index in [1.807, 2.05) is 0 Å². The molecule has 1 aliphatic heterocycles. The lowest BCUT2D eigenvalue weighted by molar-refractivity contribution is 0.127. The van der Waals surface area contributed by atoms with E-state index in [2.05, 4.69) is 64.0 Å². The first-order valence-electron chi connectivity index (χ1n) is 10.8. The molecule has 0 amide bonds. The lowest BCUT2D eigenvalue weighted by atomic mass is 10.0. The average molecular weight is 424 g/mol. The van der Waals surface area contributed by atoms with Gasteiger partial charge < -0.3 is 10.2 Å². The van der Waals surface area contributed by atoms with Crippen LogP contribution < -0.4 is 10.0 Å². The molecule has 1 saturated heterocycles. The van der Waals surface area contributed by atoms with Crippen LogP contribution in [0.1, 0.15) is 45.2 Å². The SMILES string of the molecule is CCNC(=NCCCNS(=O)(=O)CC)N1CCN(C(CC)c2ccccc2)CC1. The highest BCUT2D eigenvalue weighted by atomic mass is 32.2. The van der Waals surface area contributed by atoms with Gasteiger partial charge in [0.1, 0.15) is 0 Å². The number of sulfonamides is 1. The maximum atomic E-state index is 11.5. The van der Waals surface area contributed by atoms with Crippen molar-refractivity contribution < 1.29 is 8.42 Å². The molecule has 1 heterocycles. The van der Waals surface area contributed by atoms with E-state index in [0.29, 0.717) is 25.6 Å². The summed E-state index contributed by atoms with van der Waals surface area (Å²) < 4.78 is 25.6. The van der Waals surface area contributed by atoms with Gasteiger partial charge in [0.05, 0.1) is 5.75 Å². The lowest BCUT2D eigenvalue weighted by Gasteiger charge is -2.40. The van der Waals surface area contributed by atoms with Crippen molar-refractivity contribution in [1.29, 1.82) is 0 Å². The van der Waals surface area contributed by atoms with Gasteiger partial charge in [-0.05, 0) is 32.3 Å². The average Bonchev–Trinajstić information content (AvgIpc) is 2.74. The monoisotopic (exact) mass is 423 g/mol. The number of hydrogen-bond acceptors (Lipinski definition) is 4. The highest BCUT2D eigenvalue weighted by Gasteiger charge is 2.25. The number of rotatable bonds is 10. The van der Waals surface area contributed by atoms with Crippen LogP contribution in [-0.4, -0.2) is 75.7 Å². The standard InChI is InChI=1S/C21H37N5O2S/c1-4-20(19-11-8-7-9-12-19)25-15-17-26(18-16-25)21(22-5-2)23-13-10-14-24-29(27,28)6-3/h7-9,11-12,20,24H,4-6,10,13-18H2,1-3H3,(H,22,23). The van der Waals surface area contributed by atoms with Gasteiger partial charge in [0.15, 0.2) is 5.96 Å². The first-order valence-corrected chi connectivity index (χ1v) is 12.5. The summed E-state index contributed by atoms with van der Waals surface area (Å²) in [4.78, 5) is 9.59. The third kappa shape index (κ3) is 7.60. The smallest absolute Gasteiger partial charge is 0.211 e. The van der Waals surface area contributed by atoms with Crippen molar-refractivity contribution in [2.45, 2.75) is 39.7 Å². The Morgan fingerprint density at radius 1 is 1.10 bits per heavy atom. The van der Waals surface area contributed by atoms with Gasteiger partial charge >= 0.3 is 0 Å². The Bertz CT molecular complexity index is 716. The second-order valence-electron chi connectivity index (χ2n) is 7.24. The molecule has 1 atom stereocenters. The van der Waals surface area contributed by atoms with Crippen molar-refractivity contribution >= 4 is 16.0 Å². The van der Waals surface area contributed by atoms with Gasteiger partial charge in [-0.15, -0.1) is 0 Å². The molecule has 7 nitrogen and oxygen atoms in total. The van der Waals surface area contributed by atoms with Gasteiger partial charge in [0, 0.05) is 51.9 Å². The van der Waals surface area contributed by atoms with Crippen molar-refractivity contribution in [3.8, 4) is 0 Å². The summed E-state index contributed by atoms with van der Waals surface area (Å²) in [6, 6.07) is 11.2. The molecule has 1 aromatic rings. The molecular formula is C21H37N5O2S. The molecule has 1 aromatic carbocycles. The largest absolute Gasteiger partial charge is 0.357 e. The Morgan fingerprint density at radius 3 is 2.38 bits per heavy atom. The molecule has 0 spiro atoms. The van der Waals surface area contributed by atoms with Crippen molar-refractivity contribution in [1.82, 2.24) is 19.8 Å². The fourth-order valence-electron chi connectivity index (χ4n) is 3.64. The predicted octanol–water partition coefficient (Wildman–Crippen LogP) is 2.05. The van der Waals surface area contributed by atoms with E-state index >= 15 is 0 Å². The minimum absolute atomic E-state index is 0.116. The van der Waals surface area contributed by atoms with Gasteiger partial charge in [-0.1, -0.05) is 37.3 Å². The van der Waals surface area contributed by atoms with E-state index in [1.165, 1.54) is 5.56 Å². The minimum Gasteiger partial charge on any atom is -0.357 e. The summed E-state index contributed by atoms with van der Waals surface area (Å²) in [7, 11) is -3.12.